The van der Waals surface area contributed by atoms with Gasteiger partial charge in [0.25, 0.3) is 0 Å². The normalized spacial score (nSPS) is 32.7. The molecule has 0 aromatic heterocycles. The van der Waals surface area contributed by atoms with Gasteiger partial charge in [-0.15, -0.1) is 12.4 Å². The van der Waals surface area contributed by atoms with Gasteiger partial charge in [0.1, 0.15) is 0 Å². The Morgan fingerprint density at radius 1 is 1.22 bits per heavy atom. The van der Waals surface area contributed by atoms with Gasteiger partial charge < -0.3 is 10.2 Å². The zero-order valence-corrected chi connectivity index (χ0v) is 14.7. The number of amides is 1. The van der Waals surface area contributed by atoms with Crippen molar-refractivity contribution >= 4 is 18.3 Å². The third kappa shape index (κ3) is 2.68. The molecule has 2 heterocycles. The molecule has 2 bridgehead atoms. The van der Waals surface area contributed by atoms with Crippen molar-refractivity contribution in [3.8, 4) is 0 Å². The van der Waals surface area contributed by atoms with Crippen molar-refractivity contribution in [2.24, 2.45) is 0 Å². The van der Waals surface area contributed by atoms with E-state index >= 15 is 0 Å². The maximum atomic E-state index is 13.5. The minimum atomic E-state index is -0.319. The average molecular weight is 335 g/mol. The van der Waals surface area contributed by atoms with E-state index in [9.17, 15) is 4.79 Å². The maximum Gasteiger partial charge on any atom is 0.233 e. The third-order valence-electron chi connectivity index (χ3n) is 6.10. The van der Waals surface area contributed by atoms with E-state index in [4.69, 9.17) is 0 Å². The van der Waals surface area contributed by atoms with Gasteiger partial charge in [-0.1, -0.05) is 24.3 Å². The Labute approximate surface area is 145 Å². The molecule has 1 N–H and O–H groups in total. The summed E-state index contributed by atoms with van der Waals surface area (Å²) in [5.41, 5.74) is 2.34. The predicted molar refractivity (Wildman–Crippen MR) is 95.1 cm³/mol. The quantitative estimate of drug-likeness (QED) is 0.856. The van der Waals surface area contributed by atoms with Crippen molar-refractivity contribution in [3.05, 3.63) is 35.4 Å². The van der Waals surface area contributed by atoms with Crippen molar-refractivity contribution in [2.75, 3.05) is 13.1 Å². The van der Waals surface area contributed by atoms with Gasteiger partial charge in [0.2, 0.25) is 5.91 Å². The molecule has 3 aliphatic rings. The number of aryl methyl sites for hydroxylation is 1. The number of hydrogen-bond acceptors (Lipinski definition) is 2. The van der Waals surface area contributed by atoms with Crippen molar-refractivity contribution in [2.45, 2.75) is 62.9 Å². The second kappa shape index (κ2) is 6.45. The van der Waals surface area contributed by atoms with Gasteiger partial charge >= 0.3 is 0 Å². The average Bonchev–Trinajstić information content (AvgIpc) is 2.80. The fraction of sp³-hybridized carbons (Fsp3) is 0.632. The highest BCUT2D eigenvalue weighted by Gasteiger charge is 2.47. The summed E-state index contributed by atoms with van der Waals surface area (Å²) in [6.45, 7) is 4.21. The van der Waals surface area contributed by atoms with Crippen molar-refractivity contribution in [1.29, 1.82) is 0 Å². The number of fused-ring (bicyclic) bond motifs is 3. The fourth-order valence-corrected chi connectivity index (χ4v) is 4.86. The van der Waals surface area contributed by atoms with Gasteiger partial charge in [-0.25, -0.2) is 0 Å². The van der Waals surface area contributed by atoms with Crippen LogP contribution in [0.5, 0.6) is 0 Å². The zero-order valence-electron chi connectivity index (χ0n) is 13.9. The molecule has 3 nitrogen and oxygen atoms in total. The first-order valence-electron chi connectivity index (χ1n) is 8.82. The molecule has 1 aromatic carbocycles. The van der Waals surface area contributed by atoms with Gasteiger partial charge in [0.05, 0.1) is 5.41 Å². The van der Waals surface area contributed by atoms with Crippen LogP contribution in [-0.4, -0.2) is 36.0 Å². The second-order valence-corrected chi connectivity index (χ2v) is 7.43. The van der Waals surface area contributed by atoms with E-state index in [1.165, 1.54) is 24.0 Å². The molecule has 126 valence electrons. The molecule has 1 aliphatic carbocycles. The Hall–Kier alpha value is -1.06. The molecule has 0 saturated carbocycles. The summed E-state index contributed by atoms with van der Waals surface area (Å²) >= 11 is 0. The van der Waals surface area contributed by atoms with E-state index in [0.717, 1.165) is 38.8 Å². The lowest BCUT2D eigenvalue weighted by molar-refractivity contribution is -0.140. The van der Waals surface area contributed by atoms with Crippen LogP contribution in [-0.2, 0) is 16.6 Å². The lowest BCUT2D eigenvalue weighted by atomic mass is 9.70. The zero-order chi connectivity index (χ0) is 15.2. The van der Waals surface area contributed by atoms with Crippen LogP contribution in [0.2, 0.25) is 0 Å². The van der Waals surface area contributed by atoms with E-state index in [1.807, 2.05) is 0 Å². The Morgan fingerprint density at radius 3 is 2.87 bits per heavy atom. The van der Waals surface area contributed by atoms with E-state index in [0.29, 0.717) is 18.0 Å². The standard InChI is InChI=1S/C19H26N2O.ClH/c1-19(11-4-6-14-5-2-3-7-17(14)19)18(22)21-15-8-9-16(21)13-20-12-10-15;/h2-3,5,7,15-16,20H,4,6,8-13H2,1H3;1H. The number of hydrogen-bond donors (Lipinski definition) is 1. The predicted octanol–water partition coefficient (Wildman–Crippen LogP) is 3.06. The number of carbonyl (C=O) groups excluding carboxylic acids is 1. The number of halogens is 1. The molecular weight excluding hydrogens is 308 g/mol. The molecule has 0 spiro atoms. The number of rotatable bonds is 1. The molecular formula is C19H27ClN2O. The first-order chi connectivity index (χ1) is 10.7. The first kappa shape index (κ1) is 16.8. The van der Waals surface area contributed by atoms with E-state index in [-0.39, 0.29) is 17.8 Å². The van der Waals surface area contributed by atoms with Crippen LogP contribution in [0, 0.1) is 0 Å². The van der Waals surface area contributed by atoms with E-state index in [1.54, 1.807) is 0 Å². The number of benzene rings is 1. The van der Waals surface area contributed by atoms with Crippen LogP contribution in [0.1, 0.15) is 50.2 Å². The van der Waals surface area contributed by atoms with Crippen molar-refractivity contribution in [3.63, 3.8) is 0 Å². The molecule has 3 atom stereocenters. The lowest BCUT2D eigenvalue weighted by Crippen LogP contribution is -2.52. The molecule has 0 radical (unpaired) electrons. The van der Waals surface area contributed by atoms with Crippen LogP contribution < -0.4 is 5.32 Å². The van der Waals surface area contributed by atoms with Crippen LogP contribution in [0.3, 0.4) is 0 Å². The molecule has 2 fully saturated rings. The fourth-order valence-electron chi connectivity index (χ4n) is 4.86. The molecule has 1 aromatic rings. The van der Waals surface area contributed by atoms with Crippen LogP contribution in [0.25, 0.3) is 0 Å². The van der Waals surface area contributed by atoms with Gasteiger partial charge in [-0.05, 0) is 63.1 Å². The molecule has 1 amide bonds. The smallest absolute Gasteiger partial charge is 0.233 e. The van der Waals surface area contributed by atoms with Gasteiger partial charge in [-0.2, -0.15) is 0 Å². The topological polar surface area (TPSA) is 32.3 Å². The highest BCUT2D eigenvalue weighted by Crippen LogP contribution is 2.41. The lowest BCUT2D eigenvalue weighted by Gasteiger charge is -2.41. The highest BCUT2D eigenvalue weighted by molar-refractivity contribution is 5.89. The summed E-state index contributed by atoms with van der Waals surface area (Å²) in [5.74, 6) is 0.385. The Kier molecular flexibility index (Phi) is 4.70. The largest absolute Gasteiger partial charge is 0.335 e. The highest BCUT2D eigenvalue weighted by atomic mass is 35.5. The first-order valence-corrected chi connectivity index (χ1v) is 8.82. The van der Waals surface area contributed by atoms with Crippen LogP contribution >= 0.6 is 12.4 Å². The molecule has 4 heteroatoms. The van der Waals surface area contributed by atoms with Gasteiger partial charge in [0, 0.05) is 18.6 Å². The van der Waals surface area contributed by atoms with E-state index in [2.05, 4.69) is 41.4 Å². The summed E-state index contributed by atoms with van der Waals surface area (Å²) in [6.07, 6.45) is 6.71. The number of carbonyl (C=O) groups is 1. The third-order valence-corrected chi connectivity index (χ3v) is 6.10. The summed E-state index contributed by atoms with van der Waals surface area (Å²) in [5, 5.41) is 3.50. The van der Waals surface area contributed by atoms with Crippen LogP contribution in [0.15, 0.2) is 24.3 Å². The molecule has 23 heavy (non-hydrogen) atoms. The molecule has 3 unspecified atom stereocenters. The summed E-state index contributed by atoms with van der Waals surface area (Å²) in [4.78, 5) is 15.8. The Morgan fingerprint density at radius 2 is 2.00 bits per heavy atom. The Bertz CT molecular complexity index is 576. The number of nitrogens with one attached hydrogen (secondary N) is 1. The monoisotopic (exact) mass is 334 g/mol. The van der Waals surface area contributed by atoms with Gasteiger partial charge in [-0.3, -0.25) is 4.79 Å². The SMILES string of the molecule is CC1(C(=O)N2C3CCNCC2CC3)CCCc2ccccc21.Cl. The van der Waals surface area contributed by atoms with Crippen molar-refractivity contribution in [1.82, 2.24) is 10.2 Å². The maximum absolute atomic E-state index is 13.5. The minimum Gasteiger partial charge on any atom is -0.335 e. The second-order valence-electron chi connectivity index (χ2n) is 7.43. The summed E-state index contributed by atoms with van der Waals surface area (Å²) < 4.78 is 0. The van der Waals surface area contributed by atoms with E-state index < -0.39 is 0 Å². The summed E-state index contributed by atoms with van der Waals surface area (Å²) in [7, 11) is 0. The molecule has 2 aliphatic heterocycles. The number of nitrogens with zero attached hydrogens (tertiary/aromatic N) is 1. The Balaban J connectivity index is 0.00000156. The molecule has 2 saturated heterocycles. The van der Waals surface area contributed by atoms with Crippen molar-refractivity contribution < 1.29 is 4.79 Å². The minimum absolute atomic E-state index is 0. The molecule has 4 rings (SSSR count). The summed E-state index contributed by atoms with van der Waals surface area (Å²) in [6, 6.07) is 9.45. The van der Waals surface area contributed by atoms with Crippen LogP contribution in [0.4, 0.5) is 0 Å². The van der Waals surface area contributed by atoms with Gasteiger partial charge in [0.15, 0.2) is 0 Å².